The third-order valence-corrected chi connectivity index (χ3v) is 10.4. The van der Waals surface area contributed by atoms with Crippen LogP contribution in [0.3, 0.4) is 0 Å². The number of hydrogen-bond acceptors (Lipinski definition) is 3. The zero-order valence-electron chi connectivity index (χ0n) is 30.0. The van der Waals surface area contributed by atoms with E-state index in [1.807, 2.05) is 12.1 Å². The predicted molar refractivity (Wildman–Crippen MR) is 231 cm³/mol. The first-order valence-corrected chi connectivity index (χ1v) is 18.7. The van der Waals surface area contributed by atoms with Crippen LogP contribution in [0, 0.1) is 0 Å². The second-order valence-electron chi connectivity index (χ2n) is 13.8. The van der Waals surface area contributed by atoms with Crippen LogP contribution >= 0.6 is 0 Å². The Bertz CT molecular complexity index is 2900. The molecule has 0 fully saturated rings. The number of rotatable bonds is 7. The maximum absolute atomic E-state index is 5.41. The molecule has 0 spiro atoms. The summed E-state index contributed by atoms with van der Waals surface area (Å²) in [6.45, 7) is 0. The van der Waals surface area contributed by atoms with Crippen molar-refractivity contribution in [2.75, 3.05) is 4.90 Å². The molecule has 0 aliphatic heterocycles. The van der Waals surface area contributed by atoms with Gasteiger partial charge in [-0.25, -0.2) is 9.97 Å². The van der Waals surface area contributed by atoms with Gasteiger partial charge in [0, 0.05) is 33.5 Å². The highest BCUT2D eigenvalue weighted by atomic mass is 15.1. The van der Waals surface area contributed by atoms with Crippen molar-refractivity contribution < 1.29 is 0 Å². The van der Waals surface area contributed by atoms with E-state index >= 15 is 0 Å². The van der Waals surface area contributed by atoms with E-state index in [1.54, 1.807) is 0 Å². The number of hydrogen-bond donors (Lipinski definition) is 0. The van der Waals surface area contributed by atoms with Crippen LogP contribution in [0.1, 0.15) is 0 Å². The standard InChI is InChI=1S/C52H35N3/c1-5-15-39(16-6-1)50-51(40-17-7-2-8-18-40)54-52-47(53-50)34-32-38-29-30-42-35-41(31-33-46(42)49(38)52)36-25-27-37(28-26-36)45-23-13-14-24-48(45)55(43-19-9-3-10-20-43)44-21-11-4-12-22-44/h1-35H. The molecule has 0 aliphatic rings. The fourth-order valence-electron chi connectivity index (χ4n) is 7.78. The van der Waals surface area contributed by atoms with Crippen molar-refractivity contribution in [1.29, 1.82) is 0 Å². The molecular formula is C52H35N3. The van der Waals surface area contributed by atoms with E-state index in [9.17, 15) is 0 Å². The van der Waals surface area contributed by atoms with Gasteiger partial charge in [-0.3, -0.25) is 0 Å². The van der Waals surface area contributed by atoms with Crippen LogP contribution in [0.15, 0.2) is 212 Å². The summed E-state index contributed by atoms with van der Waals surface area (Å²) in [7, 11) is 0. The van der Waals surface area contributed by atoms with Gasteiger partial charge in [0.15, 0.2) is 0 Å². The molecule has 0 aliphatic carbocycles. The molecule has 1 aromatic heterocycles. The topological polar surface area (TPSA) is 29.0 Å². The number of benzene rings is 9. The van der Waals surface area contributed by atoms with Crippen molar-refractivity contribution in [3.05, 3.63) is 212 Å². The average Bonchev–Trinajstić information content (AvgIpc) is 3.27. The lowest BCUT2D eigenvalue weighted by Crippen LogP contribution is -2.10. The Morgan fingerprint density at radius 1 is 0.345 bits per heavy atom. The van der Waals surface area contributed by atoms with Crippen LogP contribution in [0.2, 0.25) is 0 Å². The zero-order chi connectivity index (χ0) is 36.6. The lowest BCUT2D eigenvalue weighted by molar-refractivity contribution is 1.28. The third kappa shape index (κ3) is 5.98. The first kappa shape index (κ1) is 32.3. The first-order chi connectivity index (χ1) is 27.3. The molecule has 3 heteroatoms. The summed E-state index contributed by atoms with van der Waals surface area (Å²) in [4.78, 5) is 13.0. The van der Waals surface area contributed by atoms with Crippen LogP contribution in [-0.2, 0) is 0 Å². The molecule has 1 heterocycles. The summed E-state index contributed by atoms with van der Waals surface area (Å²) >= 11 is 0. The van der Waals surface area contributed by atoms with E-state index in [-0.39, 0.29) is 0 Å². The Morgan fingerprint density at radius 3 is 1.51 bits per heavy atom. The Balaban J connectivity index is 1.06. The maximum Gasteiger partial charge on any atom is 0.0979 e. The molecule has 10 aromatic rings. The Hall–Kier alpha value is -7.36. The van der Waals surface area contributed by atoms with Gasteiger partial charge in [-0.05, 0) is 75.3 Å². The molecule has 0 saturated heterocycles. The van der Waals surface area contributed by atoms with Crippen LogP contribution in [0.5, 0.6) is 0 Å². The van der Waals surface area contributed by atoms with Crippen molar-refractivity contribution in [3.63, 3.8) is 0 Å². The van der Waals surface area contributed by atoms with Gasteiger partial charge < -0.3 is 4.90 Å². The minimum atomic E-state index is 0.886. The largest absolute Gasteiger partial charge is 0.310 e. The molecule has 3 nitrogen and oxygen atoms in total. The van der Waals surface area contributed by atoms with E-state index in [0.717, 1.165) is 66.9 Å². The molecule has 10 rings (SSSR count). The molecule has 0 radical (unpaired) electrons. The molecule has 0 bridgehead atoms. The Labute approximate surface area is 320 Å². The summed E-state index contributed by atoms with van der Waals surface area (Å²) < 4.78 is 0. The molecule has 0 unspecified atom stereocenters. The highest BCUT2D eigenvalue weighted by Gasteiger charge is 2.18. The Morgan fingerprint density at radius 2 is 0.855 bits per heavy atom. The van der Waals surface area contributed by atoms with Gasteiger partial charge in [-0.15, -0.1) is 0 Å². The average molecular weight is 702 g/mol. The smallest absolute Gasteiger partial charge is 0.0979 e. The predicted octanol–water partition coefficient (Wildman–Crippen LogP) is 14.1. The van der Waals surface area contributed by atoms with Gasteiger partial charge in [0.05, 0.1) is 28.1 Å². The van der Waals surface area contributed by atoms with Gasteiger partial charge in [0.25, 0.3) is 0 Å². The van der Waals surface area contributed by atoms with E-state index in [0.29, 0.717) is 0 Å². The first-order valence-electron chi connectivity index (χ1n) is 18.7. The van der Waals surface area contributed by atoms with Crippen molar-refractivity contribution in [1.82, 2.24) is 9.97 Å². The number of nitrogens with zero attached hydrogens (tertiary/aromatic N) is 3. The lowest BCUT2D eigenvalue weighted by Gasteiger charge is -2.27. The second-order valence-corrected chi connectivity index (χ2v) is 13.8. The number of aromatic nitrogens is 2. The van der Waals surface area contributed by atoms with Gasteiger partial charge in [-0.1, -0.05) is 170 Å². The van der Waals surface area contributed by atoms with Crippen LogP contribution in [-0.4, -0.2) is 9.97 Å². The molecule has 55 heavy (non-hydrogen) atoms. The van der Waals surface area contributed by atoms with Crippen molar-refractivity contribution in [2.45, 2.75) is 0 Å². The molecular weight excluding hydrogens is 667 g/mol. The summed E-state index contributed by atoms with van der Waals surface area (Å²) in [6, 6.07) is 75.0. The van der Waals surface area contributed by atoms with Gasteiger partial charge >= 0.3 is 0 Å². The van der Waals surface area contributed by atoms with Crippen molar-refractivity contribution in [2.24, 2.45) is 0 Å². The Kier molecular flexibility index (Phi) is 8.16. The van der Waals surface area contributed by atoms with Crippen molar-refractivity contribution in [3.8, 4) is 44.8 Å². The molecule has 9 aromatic carbocycles. The van der Waals surface area contributed by atoms with Gasteiger partial charge in [0.2, 0.25) is 0 Å². The SMILES string of the molecule is c1ccc(-c2nc3ccc4ccc5cc(-c6ccc(-c7ccccc7N(c7ccccc7)c7ccccc7)cc6)ccc5c4c3nc2-c2ccccc2)cc1. The minimum absolute atomic E-state index is 0.886. The van der Waals surface area contributed by atoms with E-state index in [4.69, 9.17) is 9.97 Å². The molecule has 0 amide bonds. The van der Waals surface area contributed by atoms with E-state index in [2.05, 4.69) is 205 Å². The fraction of sp³-hybridized carbons (Fsp3) is 0. The summed E-state index contributed by atoms with van der Waals surface area (Å²) in [5.74, 6) is 0. The van der Waals surface area contributed by atoms with E-state index in [1.165, 1.54) is 27.5 Å². The van der Waals surface area contributed by atoms with Gasteiger partial charge in [0.1, 0.15) is 0 Å². The fourth-order valence-corrected chi connectivity index (χ4v) is 7.78. The monoisotopic (exact) mass is 701 g/mol. The number of para-hydroxylation sites is 3. The second kappa shape index (κ2) is 13.9. The molecule has 0 saturated carbocycles. The quantitative estimate of drug-likeness (QED) is 0.155. The highest BCUT2D eigenvalue weighted by Crippen LogP contribution is 2.42. The minimum Gasteiger partial charge on any atom is -0.310 e. The van der Waals surface area contributed by atoms with Crippen LogP contribution in [0.25, 0.3) is 77.3 Å². The summed E-state index contributed by atoms with van der Waals surface area (Å²) in [5, 5.41) is 4.61. The lowest BCUT2D eigenvalue weighted by atomic mass is 9.95. The van der Waals surface area contributed by atoms with Gasteiger partial charge in [-0.2, -0.15) is 0 Å². The number of anilines is 3. The number of fused-ring (bicyclic) bond motifs is 5. The molecule has 0 N–H and O–H groups in total. The normalized spacial score (nSPS) is 11.3. The van der Waals surface area contributed by atoms with E-state index < -0.39 is 0 Å². The summed E-state index contributed by atoms with van der Waals surface area (Å²) in [5.41, 5.74) is 13.7. The molecule has 258 valence electrons. The molecule has 0 atom stereocenters. The maximum atomic E-state index is 5.41. The highest BCUT2D eigenvalue weighted by molar-refractivity contribution is 6.19. The third-order valence-electron chi connectivity index (χ3n) is 10.4. The van der Waals surface area contributed by atoms with Crippen molar-refractivity contribution >= 4 is 49.6 Å². The van der Waals surface area contributed by atoms with Crippen LogP contribution < -0.4 is 4.90 Å². The van der Waals surface area contributed by atoms with Crippen LogP contribution in [0.4, 0.5) is 17.1 Å². The zero-order valence-corrected chi connectivity index (χ0v) is 30.0. The summed E-state index contributed by atoms with van der Waals surface area (Å²) in [6.07, 6.45) is 0.